The smallest absolute Gasteiger partial charge is 0.351 e. The van der Waals surface area contributed by atoms with E-state index in [-0.39, 0.29) is 16.7 Å². The number of rotatable bonds is 3. The molecule has 2 aromatic carbocycles. The van der Waals surface area contributed by atoms with Crippen LogP contribution < -0.4 is 11.1 Å². The van der Waals surface area contributed by atoms with E-state index in [2.05, 4.69) is 5.32 Å². The number of nitrogens with two attached hydrogens (primary N) is 1. The number of carbonyl (C=O) groups excluding carboxylic acids is 4. The average molecular weight is 325 g/mol. The number of hydrogen-bond acceptors (Lipinski definition) is 5. The molecule has 3 rings (SSSR count). The Kier molecular flexibility index (Phi) is 3.70. The van der Waals surface area contributed by atoms with Crippen LogP contribution in [0.3, 0.4) is 0 Å². The van der Waals surface area contributed by atoms with Crippen molar-refractivity contribution >= 4 is 29.5 Å². The number of primary amides is 1. The van der Waals surface area contributed by atoms with Crippen LogP contribution in [0.1, 0.15) is 31.1 Å². The van der Waals surface area contributed by atoms with Crippen LogP contribution in [0.2, 0.25) is 0 Å². The second-order valence-corrected chi connectivity index (χ2v) is 4.90. The van der Waals surface area contributed by atoms with Crippen molar-refractivity contribution in [3.05, 3.63) is 65.2 Å². The lowest BCUT2D eigenvalue weighted by Crippen LogP contribution is -2.32. The fourth-order valence-corrected chi connectivity index (χ4v) is 2.22. The van der Waals surface area contributed by atoms with Crippen molar-refractivity contribution in [3.63, 3.8) is 0 Å². The molecule has 0 bridgehead atoms. The van der Waals surface area contributed by atoms with Crippen LogP contribution >= 0.6 is 0 Å². The molecule has 2 aromatic rings. The van der Waals surface area contributed by atoms with E-state index in [9.17, 15) is 19.2 Å². The Morgan fingerprint density at radius 2 is 1.46 bits per heavy atom. The molecule has 0 atom stereocenters. The van der Waals surface area contributed by atoms with Gasteiger partial charge in [0.1, 0.15) is 0 Å². The van der Waals surface area contributed by atoms with E-state index < -0.39 is 23.8 Å². The minimum absolute atomic E-state index is 0.0987. The first kappa shape index (κ1) is 15.2. The van der Waals surface area contributed by atoms with Gasteiger partial charge in [0.2, 0.25) is 0 Å². The number of urea groups is 1. The zero-order valence-corrected chi connectivity index (χ0v) is 12.2. The maximum atomic E-state index is 12.1. The number of nitrogens with zero attached hydrogens (tertiary/aromatic N) is 1. The van der Waals surface area contributed by atoms with E-state index >= 15 is 0 Å². The molecule has 0 aliphatic carbocycles. The van der Waals surface area contributed by atoms with Crippen LogP contribution in [0.5, 0.6) is 0 Å². The summed E-state index contributed by atoms with van der Waals surface area (Å²) >= 11 is 0. The molecule has 120 valence electrons. The lowest BCUT2D eigenvalue weighted by atomic mass is 10.1. The van der Waals surface area contributed by atoms with Crippen molar-refractivity contribution in [1.82, 2.24) is 5.06 Å². The van der Waals surface area contributed by atoms with Gasteiger partial charge in [0, 0.05) is 5.69 Å². The predicted octanol–water partition coefficient (Wildman–Crippen LogP) is 1.55. The number of anilines is 1. The summed E-state index contributed by atoms with van der Waals surface area (Å²) < 4.78 is 0. The van der Waals surface area contributed by atoms with Crippen molar-refractivity contribution in [2.24, 2.45) is 5.73 Å². The molecule has 3 N–H and O–H groups in total. The fraction of sp³-hybridized carbons (Fsp3) is 0. The molecule has 0 saturated heterocycles. The third kappa shape index (κ3) is 2.68. The highest BCUT2D eigenvalue weighted by Gasteiger charge is 2.38. The van der Waals surface area contributed by atoms with Gasteiger partial charge in [-0.25, -0.2) is 9.59 Å². The molecule has 1 heterocycles. The summed E-state index contributed by atoms with van der Waals surface area (Å²) in [4.78, 5) is 52.0. The number of fused-ring (bicyclic) bond motifs is 1. The summed E-state index contributed by atoms with van der Waals surface area (Å²) in [5.74, 6) is -2.28. The van der Waals surface area contributed by atoms with Crippen molar-refractivity contribution in [1.29, 1.82) is 0 Å². The van der Waals surface area contributed by atoms with Crippen molar-refractivity contribution in [3.8, 4) is 0 Å². The highest BCUT2D eigenvalue weighted by atomic mass is 16.7. The van der Waals surface area contributed by atoms with Gasteiger partial charge in [-0.05, 0) is 36.4 Å². The van der Waals surface area contributed by atoms with Crippen LogP contribution in [-0.2, 0) is 4.84 Å². The topological polar surface area (TPSA) is 119 Å². The summed E-state index contributed by atoms with van der Waals surface area (Å²) in [6.07, 6.45) is 0. The quantitative estimate of drug-likeness (QED) is 0.830. The highest BCUT2D eigenvalue weighted by molar-refractivity contribution is 6.21. The number of amides is 4. The van der Waals surface area contributed by atoms with Gasteiger partial charge in [-0.2, -0.15) is 0 Å². The largest absolute Gasteiger partial charge is 0.363 e. The van der Waals surface area contributed by atoms with Crippen molar-refractivity contribution in [2.75, 3.05) is 5.32 Å². The van der Waals surface area contributed by atoms with Gasteiger partial charge < -0.3 is 15.9 Å². The van der Waals surface area contributed by atoms with Crippen LogP contribution in [0, 0.1) is 0 Å². The first-order chi connectivity index (χ1) is 11.5. The Bertz CT molecular complexity index is 825. The Morgan fingerprint density at radius 1 is 0.917 bits per heavy atom. The molecule has 0 spiro atoms. The van der Waals surface area contributed by atoms with Gasteiger partial charge in [0.25, 0.3) is 11.8 Å². The molecule has 8 nitrogen and oxygen atoms in total. The standard InChI is InChI=1S/C16H11N3O5/c17-16(23)18-10-7-5-9(6-8-10)15(22)24-19-13(20)11-3-1-2-4-12(11)14(19)21/h1-8H,(H3,17,18,23). The maximum absolute atomic E-state index is 12.1. The van der Waals surface area contributed by atoms with Crippen molar-refractivity contribution in [2.45, 2.75) is 0 Å². The molecule has 0 aromatic heterocycles. The van der Waals surface area contributed by atoms with Crippen LogP contribution in [0.25, 0.3) is 0 Å². The minimum Gasteiger partial charge on any atom is -0.351 e. The maximum Gasteiger partial charge on any atom is 0.363 e. The summed E-state index contributed by atoms with van der Waals surface area (Å²) in [6, 6.07) is 11.0. The molecule has 0 radical (unpaired) electrons. The van der Waals surface area contributed by atoms with E-state index in [1.807, 2.05) is 0 Å². The Balaban J connectivity index is 1.75. The Hall–Kier alpha value is -3.68. The van der Waals surface area contributed by atoms with Gasteiger partial charge in [-0.3, -0.25) is 9.59 Å². The number of hydrogen-bond donors (Lipinski definition) is 2. The average Bonchev–Trinajstić information content (AvgIpc) is 2.80. The summed E-state index contributed by atoms with van der Waals surface area (Å²) in [7, 11) is 0. The Labute approximate surface area is 135 Å². The van der Waals surface area contributed by atoms with Gasteiger partial charge in [-0.15, -0.1) is 0 Å². The zero-order valence-electron chi connectivity index (χ0n) is 12.2. The molecule has 0 saturated carbocycles. The Morgan fingerprint density at radius 3 is 1.96 bits per heavy atom. The van der Waals surface area contributed by atoms with E-state index in [4.69, 9.17) is 10.6 Å². The number of nitrogens with one attached hydrogen (secondary N) is 1. The highest BCUT2D eigenvalue weighted by Crippen LogP contribution is 2.23. The second-order valence-electron chi connectivity index (χ2n) is 4.90. The molecule has 24 heavy (non-hydrogen) atoms. The zero-order chi connectivity index (χ0) is 17.3. The van der Waals surface area contributed by atoms with E-state index in [0.717, 1.165) is 0 Å². The summed E-state index contributed by atoms with van der Waals surface area (Å²) in [6.45, 7) is 0. The summed E-state index contributed by atoms with van der Waals surface area (Å²) in [5, 5.41) is 2.77. The molecule has 1 aliphatic rings. The van der Waals surface area contributed by atoms with E-state index in [1.54, 1.807) is 12.1 Å². The summed E-state index contributed by atoms with van der Waals surface area (Å²) in [5.41, 5.74) is 5.82. The fourth-order valence-electron chi connectivity index (χ4n) is 2.22. The van der Waals surface area contributed by atoms with Crippen LogP contribution in [0.4, 0.5) is 10.5 Å². The lowest BCUT2D eigenvalue weighted by molar-refractivity contribution is -0.0584. The first-order valence-electron chi connectivity index (χ1n) is 6.84. The van der Waals surface area contributed by atoms with Gasteiger partial charge in [0.05, 0.1) is 16.7 Å². The molecular formula is C16H11N3O5. The SMILES string of the molecule is NC(=O)Nc1ccc(C(=O)ON2C(=O)c3ccccc3C2=O)cc1. The van der Waals surface area contributed by atoms with Crippen LogP contribution in [-0.4, -0.2) is 28.9 Å². The number of benzene rings is 2. The molecular weight excluding hydrogens is 314 g/mol. The van der Waals surface area contributed by atoms with Gasteiger partial charge in [0.15, 0.2) is 0 Å². The molecule has 0 unspecified atom stereocenters. The third-order valence-electron chi connectivity index (χ3n) is 3.32. The molecule has 8 heteroatoms. The van der Waals surface area contributed by atoms with Crippen LogP contribution in [0.15, 0.2) is 48.5 Å². The monoisotopic (exact) mass is 325 g/mol. The van der Waals surface area contributed by atoms with Crippen molar-refractivity contribution < 1.29 is 24.0 Å². The normalized spacial score (nSPS) is 12.8. The number of hydroxylamine groups is 2. The molecule has 1 aliphatic heterocycles. The lowest BCUT2D eigenvalue weighted by Gasteiger charge is -2.12. The first-order valence-corrected chi connectivity index (χ1v) is 6.84. The van der Waals surface area contributed by atoms with E-state index in [0.29, 0.717) is 10.8 Å². The molecule has 0 fully saturated rings. The van der Waals surface area contributed by atoms with Gasteiger partial charge in [-0.1, -0.05) is 17.2 Å². The number of carbonyl (C=O) groups is 4. The minimum atomic E-state index is -0.880. The van der Waals surface area contributed by atoms with E-state index in [1.165, 1.54) is 36.4 Å². The third-order valence-corrected chi connectivity index (χ3v) is 3.32. The van der Waals surface area contributed by atoms with Gasteiger partial charge >= 0.3 is 12.0 Å². The molecule has 4 amide bonds. The predicted molar refractivity (Wildman–Crippen MR) is 82.0 cm³/mol. The second kappa shape index (κ2) is 5.84. The number of imide groups is 1.